The maximum atomic E-state index is 11.1. The molecule has 4 nitrogen and oxygen atoms in total. The van der Waals surface area contributed by atoms with E-state index in [0.717, 1.165) is 6.42 Å². The molecular formula is C9H18N2O2. The summed E-state index contributed by atoms with van der Waals surface area (Å²) in [6, 6.07) is -0.543. The van der Waals surface area contributed by atoms with Crippen LogP contribution in [0.15, 0.2) is 0 Å². The summed E-state index contributed by atoms with van der Waals surface area (Å²) in [5, 5.41) is 2.60. The molecular weight excluding hydrogens is 168 g/mol. The molecule has 0 radical (unpaired) electrons. The van der Waals surface area contributed by atoms with Gasteiger partial charge in [0.05, 0.1) is 0 Å². The molecule has 0 rings (SSSR count). The van der Waals surface area contributed by atoms with Crippen molar-refractivity contribution in [3.05, 3.63) is 0 Å². The average molecular weight is 186 g/mol. The molecule has 0 heterocycles. The van der Waals surface area contributed by atoms with Crippen LogP contribution in [0.25, 0.3) is 0 Å². The molecule has 0 spiro atoms. The Labute approximate surface area is 78.9 Å². The zero-order valence-corrected chi connectivity index (χ0v) is 8.46. The van der Waals surface area contributed by atoms with Crippen LogP contribution in [0.2, 0.25) is 0 Å². The fraction of sp³-hybridized carbons (Fsp3) is 0.778. The second-order valence-corrected chi connectivity index (χ2v) is 3.44. The van der Waals surface area contributed by atoms with Crippen molar-refractivity contribution in [2.24, 2.45) is 11.7 Å². The molecule has 1 unspecified atom stereocenters. The van der Waals surface area contributed by atoms with Gasteiger partial charge in [-0.1, -0.05) is 20.8 Å². The van der Waals surface area contributed by atoms with Crippen LogP contribution in [0.4, 0.5) is 0 Å². The van der Waals surface area contributed by atoms with Crippen molar-refractivity contribution in [3.63, 3.8) is 0 Å². The lowest BCUT2D eigenvalue weighted by atomic mass is 10.0. The van der Waals surface area contributed by atoms with Crippen LogP contribution in [0.1, 0.15) is 33.6 Å². The van der Waals surface area contributed by atoms with Crippen molar-refractivity contribution in [1.82, 2.24) is 5.32 Å². The molecule has 4 heteroatoms. The first-order chi connectivity index (χ1) is 5.99. The van der Waals surface area contributed by atoms with Gasteiger partial charge in [-0.3, -0.25) is 9.59 Å². The third-order valence-electron chi connectivity index (χ3n) is 1.77. The number of hydrogen-bond donors (Lipinski definition) is 2. The largest absolute Gasteiger partial charge is 0.368 e. The Morgan fingerprint density at radius 1 is 1.38 bits per heavy atom. The molecule has 13 heavy (non-hydrogen) atoms. The van der Waals surface area contributed by atoms with Crippen molar-refractivity contribution >= 4 is 11.8 Å². The maximum Gasteiger partial charge on any atom is 0.240 e. The Balaban J connectivity index is 4.10. The summed E-state index contributed by atoms with van der Waals surface area (Å²) in [6.45, 7) is 5.61. The molecule has 0 bridgehead atoms. The van der Waals surface area contributed by atoms with Gasteiger partial charge in [-0.05, 0) is 12.3 Å². The third kappa shape index (κ3) is 4.50. The van der Waals surface area contributed by atoms with Gasteiger partial charge in [0.25, 0.3) is 0 Å². The lowest BCUT2D eigenvalue weighted by molar-refractivity contribution is -0.128. The molecule has 1 atom stereocenters. The van der Waals surface area contributed by atoms with Crippen molar-refractivity contribution in [1.29, 1.82) is 0 Å². The van der Waals surface area contributed by atoms with Crippen LogP contribution in [-0.4, -0.2) is 17.9 Å². The summed E-state index contributed by atoms with van der Waals surface area (Å²) in [4.78, 5) is 22.0. The van der Waals surface area contributed by atoms with Gasteiger partial charge in [-0.15, -0.1) is 0 Å². The molecule has 0 saturated carbocycles. The predicted molar refractivity (Wildman–Crippen MR) is 50.9 cm³/mol. The monoisotopic (exact) mass is 186 g/mol. The summed E-state index contributed by atoms with van der Waals surface area (Å²) < 4.78 is 0. The van der Waals surface area contributed by atoms with E-state index in [1.165, 1.54) is 0 Å². The van der Waals surface area contributed by atoms with Crippen LogP contribution in [-0.2, 0) is 9.59 Å². The van der Waals surface area contributed by atoms with E-state index in [4.69, 9.17) is 5.73 Å². The minimum Gasteiger partial charge on any atom is -0.368 e. The second-order valence-electron chi connectivity index (χ2n) is 3.44. The van der Waals surface area contributed by atoms with Gasteiger partial charge in [0, 0.05) is 6.42 Å². The fourth-order valence-electron chi connectivity index (χ4n) is 1.04. The molecule has 3 N–H and O–H groups in total. The van der Waals surface area contributed by atoms with Gasteiger partial charge >= 0.3 is 0 Å². The first kappa shape index (κ1) is 11.9. The Morgan fingerprint density at radius 3 is 2.23 bits per heavy atom. The number of primary amides is 1. The fourth-order valence-corrected chi connectivity index (χ4v) is 1.04. The zero-order chi connectivity index (χ0) is 10.4. The standard InChI is InChI=1S/C9H18N2O2/c1-4-5-7(12)11-8(6(2)3)9(10)13/h6,8H,4-5H2,1-3H3,(H2,10,13)(H,11,12). The van der Waals surface area contributed by atoms with Crippen LogP contribution >= 0.6 is 0 Å². The van der Waals surface area contributed by atoms with E-state index in [1.807, 2.05) is 20.8 Å². The van der Waals surface area contributed by atoms with Gasteiger partial charge in [-0.2, -0.15) is 0 Å². The summed E-state index contributed by atoms with van der Waals surface area (Å²) in [6.07, 6.45) is 1.21. The number of rotatable bonds is 5. The van der Waals surface area contributed by atoms with E-state index in [2.05, 4.69) is 5.32 Å². The van der Waals surface area contributed by atoms with Gasteiger partial charge in [0.2, 0.25) is 11.8 Å². The van der Waals surface area contributed by atoms with E-state index in [-0.39, 0.29) is 11.8 Å². The highest BCUT2D eigenvalue weighted by Gasteiger charge is 2.20. The van der Waals surface area contributed by atoms with Crippen molar-refractivity contribution in [2.45, 2.75) is 39.7 Å². The second kappa shape index (κ2) is 5.56. The number of hydrogen-bond acceptors (Lipinski definition) is 2. The first-order valence-corrected chi connectivity index (χ1v) is 4.57. The van der Waals surface area contributed by atoms with Gasteiger partial charge in [0.15, 0.2) is 0 Å². The molecule has 0 aliphatic heterocycles. The predicted octanol–water partition coefficient (Wildman–Crippen LogP) is 0.413. The summed E-state index contributed by atoms with van der Waals surface area (Å²) in [7, 11) is 0. The van der Waals surface area contributed by atoms with Crippen LogP contribution in [0.5, 0.6) is 0 Å². The van der Waals surface area contributed by atoms with Crippen LogP contribution < -0.4 is 11.1 Å². The molecule has 76 valence electrons. The third-order valence-corrected chi connectivity index (χ3v) is 1.77. The molecule has 0 aliphatic carbocycles. The van der Waals surface area contributed by atoms with E-state index in [9.17, 15) is 9.59 Å². The highest BCUT2D eigenvalue weighted by molar-refractivity contribution is 5.86. The summed E-state index contributed by atoms with van der Waals surface area (Å²) >= 11 is 0. The Kier molecular flexibility index (Phi) is 5.11. The van der Waals surface area contributed by atoms with Crippen LogP contribution in [0, 0.1) is 5.92 Å². The average Bonchev–Trinajstić information content (AvgIpc) is 1.99. The minimum atomic E-state index is -0.543. The van der Waals surface area contributed by atoms with E-state index in [0.29, 0.717) is 6.42 Å². The highest BCUT2D eigenvalue weighted by atomic mass is 16.2. The van der Waals surface area contributed by atoms with Gasteiger partial charge in [0.1, 0.15) is 6.04 Å². The Bertz CT molecular complexity index is 190. The first-order valence-electron chi connectivity index (χ1n) is 4.57. The lowest BCUT2D eigenvalue weighted by Crippen LogP contribution is -2.47. The Hall–Kier alpha value is -1.06. The summed E-state index contributed by atoms with van der Waals surface area (Å²) in [5.41, 5.74) is 5.13. The summed E-state index contributed by atoms with van der Waals surface area (Å²) in [5.74, 6) is -0.544. The number of nitrogens with one attached hydrogen (secondary N) is 1. The van der Waals surface area contributed by atoms with Crippen molar-refractivity contribution in [2.75, 3.05) is 0 Å². The molecule has 0 aromatic carbocycles. The molecule has 2 amide bonds. The van der Waals surface area contributed by atoms with Gasteiger partial charge < -0.3 is 11.1 Å². The number of carbonyl (C=O) groups excluding carboxylic acids is 2. The lowest BCUT2D eigenvalue weighted by Gasteiger charge is -2.18. The van der Waals surface area contributed by atoms with Crippen molar-refractivity contribution < 1.29 is 9.59 Å². The van der Waals surface area contributed by atoms with Crippen molar-refractivity contribution in [3.8, 4) is 0 Å². The Morgan fingerprint density at radius 2 is 1.92 bits per heavy atom. The number of amides is 2. The highest BCUT2D eigenvalue weighted by Crippen LogP contribution is 2.01. The number of nitrogens with two attached hydrogens (primary N) is 1. The zero-order valence-electron chi connectivity index (χ0n) is 8.46. The van der Waals surface area contributed by atoms with Crippen LogP contribution in [0.3, 0.4) is 0 Å². The smallest absolute Gasteiger partial charge is 0.240 e. The molecule has 0 fully saturated rings. The minimum absolute atomic E-state index is 0.0401. The molecule has 0 aromatic rings. The maximum absolute atomic E-state index is 11.1. The van der Waals surface area contributed by atoms with E-state index in [1.54, 1.807) is 0 Å². The van der Waals surface area contributed by atoms with E-state index < -0.39 is 11.9 Å². The van der Waals surface area contributed by atoms with Gasteiger partial charge in [-0.25, -0.2) is 0 Å². The molecule has 0 aliphatic rings. The SMILES string of the molecule is CCCC(=O)NC(C(N)=O)C(C)C. The molecule has 0 aromatic heterocycles. The topological polar surface area (TPSA) is 72.2 Å². The normalized spacial score (nSPS) is 12.6. The molecule has 0 saturated heterocycles. The van der Waals surface area contributed by atoms with E-state index >= 15 is 0 Å². The quantitative estimate of drug-likeness (QED) is 0.652. The number of carbonyl (C=O) groups is 2.